The second kappa shape index (κ2) is 5.35. The van der Waals surface area contributed by atoms with E-state index in [1.165, 1.54) is 17.3 Å². The van der Waals surface area contributed by atoms with Gasteiger partial charge in [-0.3, -0.25) is 0 Å². The van der Waals surface area contributed by atoms with Crippen molar-refractivity contribution in [1.29, 1.82) is 0 Å². The Bertz CT molecular complexity index is 495. The maximum absolute atomic E-state index is 5.82. The summed E-state index contributed by atoms with van der Waals surface area (Å²) in [6, 6.07) is 3.95. The molecule has 0 aliphatic carbocycles. The van der Waals surface area contributed by atoms with Gasteiger partial charge in [-0.25, -0.2) is 4.98 Å². The number of nitrogen functional groups attached to an aromatic ring is 1. The van der Waals surface area contributed by atoms with Crippen molar-refractivity contribution >= 4 is 55.2 Å². The number of nitrogens with zero attached hydrogens (tertiary/aromatic N) is 2. The molecule has 3 nitrogen and oxygen atoms in total. The van der Waals surface area contributed by atoms with Crippen LogP contribution in [0.5, 0.6) is 0 Å². The molecule has 0 aliphatic heterocycles. The van der Waals surface area contributed by atoms with Crippen LogP contribution in [0.2, 0.25) is 0 Å². The Morgan fingerprint density at radius 3 is 2.94 bits per heavy atom. The van der Waals surface area contributed by atoms with Gasteiger partial charge in [0, 0.05) is 12.2 Å². The number of aromatic nitrogens is 2. The summed E-state index contributed by atoms with van der Waals surface area (Å²) in [5.74, 6) is 0. The molecule has 86 valence electrons. The molecule has 0 radical (unpaired) electrons. The Kier molecular flexibility index (Phi) is 4.07. The fourth-order valence-electron chi connectivity index (χ4n) is 1.67. The zero-order chi connectivity index (χ0) is 11.5. The lowest BCUT2D eigenvalue weighted by molar-refractivity contribution is 0.652. The van der Waals surface area contributed by atoms with E-state index in [2.05, 4.69) is 48.1 Å². The maximum atomic E-state index is 5.82. The van der Waals surface area contributed by atoms with Crippen LogP contribution in [0.15, 0.2) is 22.9 Å². The number of rotatable bonds is 4. The molecule has 0 aliphatic rings. The predicted octanol–water partition coefficient (Wildman–Crippen LogP) is 3.60. The lowest BCUT2D eigenvalue weighted by atomic mass is 10.2. The minimum Gasteiger partial charge on any atom is -0.398 e. The number of unbranched alkanes of at least 4 members (excludes halogenated alkanes) is 1. The first-order chi connectivity index (χ1) is 7.74. The largest absolute Gasteiger partial charge is 0.398 e. The topological polar surface area (TPSA) is 43.8 Å². The number of nitrogens with two attached hydrogens (primary N) is 1. The van der Waals surface area contributed by atoms with Gasteiger partial charge < -0.3 is 10.3 Å². The highest BCUT2D eigenvalue weighted by atomic mass is 127. The van der Waals surface area contributed by atoms with Crippen LogP contribution in [0.25, 0.3) is 11.0 Å². The second-order valence-electron chi connectivity index (χ2n) is 3.67. The summed E-state index contributed by atoms with van der Waals surface area (Å²) in [5.41, 5.74) is 8.66. The second-order valence-corrected chi connectivity index (χ2v) is 5.54. The molecular weight excluding hydrogens is 381 g/mol. The Morgan fingerprint density at radius 2 is 2.19 bits per heavy atom. The van der Waals surface area contributed by atoms with Crippen molar-refractivity contribution in [2.45, 2.75) is 19.4 Å². The third kappa shape index (κ3) is 2.34. The summed E-state index contributed by atoms with van der Waals surface area (Å²) in [7, 11) is 0. The fraction of sp³-hybridized carbons (Fsp3) is 0.364. The van der Waals surface area contributed by atoms with Crippen LogP contribution in [0.4, 0.5) is 5.69 Å². The number of hydrogen-bond acceptors (Lipinski definition) is 2. The molecular formula is C11H13BrIN3. The van der Waals surface area contributed by atoms with Crippen LogP contribution in [0.3, 0.4) is 0 Å². The van der Waals surface area contributed by atoms with E-state index in [0.29, 0.717) is 0 Å². The lowest BCUT2D eigenvalue weighted by Crippen LogP contribution is -1.96. The first-order valence-electron chi connectivity index (χ1n) is 5.19. The van der Waals surface area contributed by atoms with Gasteiger partial charge in [0.2, 0.25) is 0 Å². The van der Waals surface area contributed by atoms with Gasteiger partial charge in [0.1, 0.15) is 5.52 Å². The molecule has 5 heteroatoms. The van der Waals surface area contributed by atoms with Gasteiger partial charge in [-0.2, -0.15) is 0 Å². The van der Waals surface area contributed by atoms with Crippen LogP contribution in [-0.4, -0.2) is 14.0 Å². The van der Waals surface area contributed by atoms with Crippen molar-refractivity contribution < 1.29 is 0 Å². The summed E-state index contributed by atoms with van der Waals surface area (Å²) >= 11 is 5.88. The summed E-state index contributed by atoms with van der Waals surface area (Å²) < 4.78 is 4.30. The molecule has 0 spiro atoms. The molecule has 1 aromatic carbocycles. The van der Waals surface area contributed by atoms with Crippen molar-refractivity contribution in [3.05, 3.63) is 22.9 Å². The molecule has 1 aromatic heterocycles. The van der Waals surface area contributed by atoms with Crippen LogP contribution in [0, 0.1) is 0 Å². The number of fused-ring (bicyclic) bond motifs is 1. The van der Waals surface area contributed by atoms with Crippen LogP contribution < -0.4 is 5.73 Å². The highest BCUT2D eigenvalue weighted by Crippen LogP contribution is 2.28. The van der Waals surface area contributed by atoms with E-state index in [0.717, 1.165) is 27.7 Å². The van der Waals surface area contributed by atoms with E-state index in [1.807, 2.05) is 18.5 Å². The summed E-state index contributed by atoms with van der Waals surface area (Å²) in [6.45, 7) is 1.02. The van der Waals surface area contributed by atoms with Crippen LogP contribution in [-0.2, 0) is 6.54 Å². The van der Waals surface area contributed by atoms with Gasteiger partial charge in [-0.15, -0.1) is 0 Å². The molecule has 2 rings (SSSR count). The van der Waals surface area contributed by atoms with Gasteiger partial charge in [-0.05, 0) is 45.3 Å². The number of imidazole rings is 1. The zero-order valence-electron chi connectivity index (χ0n) is 8.79. The van der Waals surface area contributed by atoms with E-state index >= 15 is 0 Å². The van der Waals surface area contributed by atoms with E-state index in [9.17, 15) is 0 Å². The normalized spacial score (nSPS) is 11.1. The van der Waals surface area contributed by atoms with Crippen molar-refractivity contribution in [2.75, 3.05) is 10.2 Å². The Labute approximate surface area is 117 Å². The third-order valence-corrected chi connectivity index (χ3v) is 4.14. The first kappa shape index (κ1) is 12.2. The molecule has 2 aromatic rings. The molecule has 0 unspecified atom stereocenters. The van der Waals surface area contributed by atoms with Gasteiger partial charge in [0.05, 0.1) is 16.3 Å². The Hall–Kier alpha value is -0.300. The molecule has 0 atom stereocenters. The predicted molar refractivity (Wildman–Crippen MR) is 80.0 cm³/mol. The zero-order valence-corrected chi connectivity index (χ0v) is 12.5. The maximum Gasteiger partial charge on any atom is 0.105 e. The van der Waals surface area contributed by atoms with Crippen molar-refractivity contribution in [2.24, 2.45) is 0 Å². The molecule has 0 bridgehead atoms. The molecule has 16 heavy (non-hydrogen) atoms. The number of halogens is 2. The van der Waals surface area contributed by atoms with E-state index in [-0.39, 0.29) is 0 Å². The van der Waals surface area contributed by atoms with Gasteiger partial charge in [-0.1, -0.05) is 22.6 Å². The first-order valence-corrected chi connectivity index (χ1v) is 7.50. The van der Waals surface area contributed by atoms with Gasteiger partial charge in [0.15, 0.2) is 0 Å². The van der Waals surface area contributed by atoms with Crippen molar-refractivity contribution in [3.63, 3.8) is 0 Å². The minimum atomic E-state index is 0.741. The SMILES string of the molecule is Nc1ccc2c(ncn2CCCCI)c1Br. The van der Waals surface area contributed by atoms with E-state index in [4.69, 9.17) is 5.73 Å². The highest BCUT2D eigenvalue weighted by Gasteiger charge is 2.07. The average Bonchev–Trinajstić information content (AvgIpc) is 2.68. The molecule has 0 saturated heterocycles. The quantitative estimate of drug-likeness (QED) is 0.373. The molecule has 0 fully saturated rings. The van der Waals surface area contributed by atoms with Crippen LogP contribution in [0.1, 0.15) is 12.8 Å². The monoisotopic (exact) mass is 393 g/mol. The summed E-state index contributed by atoms with van der Waals surface area (Å²) in [5, 5.41) is 0. The summed E-state index contributed by atoms with van der Waals surface area (Å²) in [6.07, 6.45) is 4.33. The highest BCUT2D eigenvalue weighted by molar-refractivity contribution is 14.1. The molecule has 2 N–H and O–H groups in total. The lowest BCUT2D eigenvalue weighted by Gasteiger charge is -2.04. The Balaban J connectivity index is 2.31. The minimum absolute atomic E-state index is 0.741. The molecule has 1 heterocycles. The number of aryl methyl sites for hydroxylation is 1. The fourth-order valence-corrected chi connectivity index (χ4v) is 2.65. The average molecular weight is 394 g/mol. The van der Waals surface area contributed by atoms with E-state index in [1.54, 1.807) is 0 Å². The number of anilines is 1. The number of alkyl halides is 1. The standard InChI is InChI=1S/C11H13BrIN3/c12-10-8(14)3-4-9-11(10)15-7-16(9)6-2-1-5-13/h3-4,7H,1-2,5-6,14H2. The summed E-state index contributed by atoms with van der Waals surface area (Å²) in [4.78, 5) is 4.39. The smallest absolute Gasteiger partial charge is 0.105 e. The Morgan fingerprint density at radius 1 is 1.38 bits per heavy atom. The number of benzene rings is 1. The van der Waals surface area contributed by atoms with Gasteiger partial charge in [0.25, 0.3) is 0 Å². The van der Waals surface area contributed by atoms with Crippen molar-refractivity contribution in [3.8, 4) is 0 Å². The van der Waals surface area contributed by atoms with Crippen LogP contribution >= 0.6 is 38.5 Å². The molecule has 0 amide bonds. The van der Waals surface area contributed by atoms with E-state index < -0.39 is 0 Å². The van der Waals surface area contributed by atoms with Crippen molar-refractivity contribution in [1.82, 2.24) is 9.55 Å². The van der Waals surface area contributed by atoms with Gasteiger partial charge >= 0.3 is 0 Å². The third-order valence-electron chi connectivity index (χ3n) is 2.54. The molecule has 0 saturated carbocycles. The number of hydrogen-bond donors (Lipinski definition) is 1.